The van der Waals surface area contributed by atoms with Gasteiger partial charge in [-0.15, -0.1) is 0 Å². The second-order valence-electron chi connectivity index (χ2n) is 9.54. The summed E-state index contributed by atoms with van der Waals surface area (Å²) in [6.07, 6.45) is 0.479. The third kappa shape index (κ3) is 7.84. The number of hydrogen-bond donors (Lipinski definition) is 1. The maximum atomic E-state index is 11.8. The number of anilines is 2. The molecule has 180 valence electrons. The van der Waals surface area contributed by atoms with E-state index in [2.05, 4.69) is 72.7 Å². The van der Waals surface area contributed by atoms with Crippen LogP contribution in [0.4, 0.5) is 16.2 Å². The van der Waals surface area contributed by atoms with Crippen LogP contribution < -0.4 is 15.0 Å². The molecule has 0 saturated carbocycles. The number of carbonyl (C=O) groups excluding carboxylic acids is 1. The molecule has 0 fully saturated rings. The van der Waals surface area contributed by atoms with Crippen LogP contribution in [0.2, 0.25) is 0 Å². The summed E-state index contributed by atoms with van der Waals surface area (Å²) in [4.78, 5) is 14.0. The van der Waals surface area contributed by atoms with Crippen LogP contribution in [0.15, 0.2) is 78.9 Å². The van der Waals surface area contributed by atoms with E-state index < -0.39 is 5.60 Å². The summed E-state index contributed by atoms with van der Waals surface area (Å²) in [7, 11) is 2.06. The van der Waals surface area contributed by atoms with Crippen LogP contribution in [0.1, 0.15) is 51.2 Å². The molecule has 0 aliphatic heterocycles. The topological polar surface area (TPSA) is 50.8 Å². The average Bonchev–Trinajstić information content (AvgIpc) is 2.82. The molecule has 0 heterocycles. The summed E-state index contributed by atoms with van der Waals surface area (Å²) < 4.78 is 11.2. The molecule has 1 N–H and O–H groups in total. The van der Waals surface area contributed by atoms with Gasteiger partial charge in [0.1, 0.15) is 18.0 Å². The highest BCUT2D eigenvalue weighted by Gasteiger charge is 2.16. The Morgan fingerprint density at radius 2 is 1.50 bits per heavy atom. The van der Waals surface area contributed by atoms with E-state index in [1.165, 1.54) is 5.56 Å². The van der Waals surface area contributed by atoms with Gasteiger partial charge in [0, 0.05) is 25.0 Å². The van der Waals surface area contributed by atoms with Crippen molar-refractivity contribution in [3.8, 4) is 5.75 Å². The predicted molar refractivity (Wildman–Crippen MR) is 139 cm³/mol. The standard InChI is InChI=1S/C29H36N2O3/c1-22(19-20-30-28(32)34-29(2,3)4)24-11-13-25(14-12-24)31(5)26-15-17-27(18-16-26)33-21-23-9-7-6-8-10-23/h6-18,22H,19-21H2,1-5H3,(H,30,32). The van der Waals surface area contributed by atoms with Crippen molar-refractivity contribution in [3.63, 3.8) is 0 Å². The Bertz CT molecular complexity index is 1030. The molecule has 0 aliphatic rings. The van der Waals surface area contributed by atoms with Crippen molar-refractivity contribution in [2.45, 2.75) is 52.2 Å². The molecule has 3 rings (SSSR count). The maximum Gasteiger partial charge on any atom is 0.407 e. The summed E-state index contributed by atoms with van der Waals surface area (Å²) in [5.41, 5.74) is 4.12. The van der Waals surface area contributed by atoms with Gasteiger partial charge in [0.2, 0.25) is 0 Å². The smallest absolute Gasteiger partial charge is 0.407 e. The number of rotatable bonds is 9. The monoisotopic (exact) mass is 460 g/mol. The fraction of sp³-hybridized carbons (Fsp3) is 0.345. The molecule has 1 unspecified atom stereocenters. The summed E-state index contributed by atoms with van der Waals surface area (Å²) in [6.45, 7) is 8.90. The number of ether oxygens (including phenoxy) is 2. The normalized spacial score (nSPS) is 12.0. The molecule has 1 amide bonds. The van der Waals surface area contributed by atoms with E-state index in [1.807, 2.05) is 51.1 Å². The van der Waals surface area contributed by atoms with Crippen LogP contribution >= 0.6 is 0 Å². The van der Waals surface area contributed by atoms with Gasteiger partial charge in [-0.1, -0.05) is 49.4 Å². The molecule has 0 bridgehead atoms. The number of nitrogens with one attached hydrogen (secondary N) is 1. The van der Waals surface area contributed by atoms with Gasteiger partial charge in [-0.3, -0.25) is 0 Å². The Balaban J connectivity index is 1.50. The first-order valence-corrected chi connectivity index (χ1v) is 11.8. The van der Waals surface area contributed by atoms with Crippen molar-refractivity contribution in [2.24, 2.45) is 0 Å². The number of carbonyl (C=O) groups is 1. The Hall–Kier alpha value is -3.47. The molecular formula is C29H36N2O3. The first kappa shape index (κ1) is 25.2. The molecule has 3 aromatic carbocycles. The molecular weight excluding hydrogens is 424 g/mol. The van der Waals surface area contributed by atoms with Gasteiger partial charge in [-0.05, 0) is 80.6 Å². The van der Waals surface area contributed by atoms with Gasteiger partial charge in [-0.2, -0.15) is 0 Å². The van der Waals surface area contributed by atoms with Crippen molar-refractivity contribution >= 4 is 17.5 Å². The zero-order valence-corrected chi connectivity index (χ0v) is 20.9. The van der Waals surface area contributed by atoms with Crippen molar-refractivity contribution in [2.75, 3.05) is 18.5 Å². The highest BCUT2D eigenvalue weighted by molar-refractivity contribution is 5.67. The first-order valence-electron chi connectivity index (χ1n) is 11.8. The van der Waals surface area contributed by atoms with Crippen molar-refractivity contribution in [1.29, 1.82) is 0 Å². The lowest BCUT2D eigenvalue weighted by Crippen LogP contribution is -2.33. The zero-order valence-electron chi connectivity index (χ0n) is 20.9. The average molecular weight is 461 g/mol. The molecule has 0 aromatic heterocycles. The second kappa shape index (κ2) is 11.6. The van der Waals surface area contributed by atoms with Crippen molar-refractivity contribution in [3.05, 3.63) is 90.0 Å². The molecule has 34 heavy (non-hydrogen) atoms. The van der Waals surface area contributed by atoms with Crippen LogP contribution in [0, 0.1) is 0 Å². The van der Waals surface area contributed by atoms with E-state index in [4.69, 9.17) is 9.47 Å². The Morgan fingerprint density at radius 3 is 2.09 bits per heavy atom. The Kier molecular flexibility index (Phi) is 8.58. The SMILES string of the molecule is CC(CCNC(=O)OC(C)(C)C)c1ccc(N(C)c2ccc(OCc3ccccc3)cc2)cc1. The molecule has 0 aliphatic carbocycles. The van der Waals surface area contributed by atoms with Crippen molar-refractivity contribution in [1.82, 2.24) is 5.32 Å². The molecule has 0 radical (unpaired) electrons. The summed E-state index contributed by atoms with van der Waals surface area (Å²) in [6, 6.07) is 26.9. The fourth-order valence-corrected chi connectivity index (χ4v) is 3.55. The van der Waals surface area contributed by atoms with Crippen LogP contribution in [-0.2, 0) is 11.3 Å². The second-order valence-corrected chi connectivity index (χ2v) is 9.54. The van der Waals surface area contributed by atoms with E-state index >= 15 is 0 Å². The quantitative estimate of drug-likeness (QED) is 0.372. The van der Waals surface area contributed by atoms with Gasteiger partial charge >= 0.3 is 6.09 Å². The number of nitrogens with zero attached hydrogens (tertiary/aromatic N) is 1. The molecule has 5 nitrogen and oxygen atoms in total. The number of alkyl carbamates (subject to hydrolysis) is 1. The largest absolute Gasteiger partial charge is 0.489 e. The number of benzene rings is 3. The van der Waals surface area contributed by atoms with E-state index in [0.717, 1.165) is 29.1 Å². The van der Waals surface area contributed by atoms with Crippen LogP contribution in [-0.4, -0.2) is 25.3 Å². The molecule has 5 heteroatoms. The summed E-state index contributed by atoms with van der Waals surface area (Å²) in [5.74, 6) is 1.18. The van der Waals surface area contributed by atoms with Crippen LogP contribution in [0.25, 0.3) is 0 Å². The lowest BCUT2D eigenvalue weighted by molar-refractivity contribution is 0.0526. The third-order valence-corrected chi connectivity index (χ3v) is 5.57. The zero-order chi connectivity index (χ0) is 24.6. The van der Waals surface area contributed by atoms with E-state index in [-0.39, 0.29) is 6.09 Å². The van der Waals surface area contributed by atoms with Crippen LogP contribution in [0.5, 0.6) is 5.75 Å². The Morgan fingerprint density at radius 1 is 0.912 bits per heavy atom. The lowest BCUT2D eigenvalue weighted by Gasteiger charge is -2.21. The van der Waals surface area contributed by atoms with Gasteiger partial charge in [-0.25, -0.2) is 4.79 Å². The minimum Gasteiger partial charge on any atom is -0.489 e. The van der Waals surface area contributed by atoms with E-state index in [0.29, 0.717) is 19.1 Å². The predicted octanol–water partition coefficient (Wildman–Crippen LogP) is 7.05. The van der Waals surface area contributed by atoms with E-state index in [1.54, 1.807) is 0 Å². The molecule has 3 aromatic rings. The van der Waals surface area contributed by atoms with Gasteiger partial charge < -0.3 is 19.7 Å². The third-order valence-electron chi connectivity index (χ3n) is 5.57. The van der Waals surface area contributed by atoms with Crippen molar-refractivity contribution < 1.29 is 14.3 Å². The minimum absolute atomic E-state index is 0.329. The minimum atomic E-state index is -0.479. The first-order chi connectivity index (χ1) is 16.2. The summed E-state index contributed by atoms with van der Waals surface area (Å²) in [5, 5.41) is 2.83. The Labute approximate surface area is 203 Å². The van der Waals surface area contributed by atoms with Crippen LogP contribution in [0.3, 0.4) is 0 Å². The molecule has 1 atom stereocenters. The number of amides is 1. The van der Waals surface area contributed by atoms with Gasteiger partial charge in [0.05, 0.1) is 0 Å². The highest BCUT2D eigenvalue weighted by Crippen LogP contribution is 2.28. The van der Waals surface area contributed by atoms with Gasteiger partial charge in [0.25, 0.3) is 0 Å². The van der Waals surface area contributed by atoms with E-state index in [9.17, 15) is 4.79 Å². The number of hydrogen-bond acceptors (Lipinski definition) is 4. The maximum absolute atomic E-state index is 11.8. The lowest BCUT2D eigenvalue weighted by atomic mass is 9.97. The highest BCUT2D eigenvalue weighted by atomic mass is 16.6. The fourth-order valence-electron chi connectivity index (χ4n) is 3.55. The van der Waals surface area contributed by atoms with Gasteiger partial charge in [0.15, 0.2) is 0 Å². The summed E-state index contributed by atoms with van der Waals surface area (Å²) >= 11 is 0. The molecule has 0 spiro atoms. The molecule has 0 saturated heterocycles.